The fraction of sp³-hybridized carbons (Fsp3) is 0.423. The number of quaternary nitrogens is 1. The Labute approximate surface area is 226 Å². The zero-order valence-corrected chi connectivity index (χ0v) is 22.4. The Bertz CT molecular complexity index is 1050. The zero-order chi connectivity index (χ0) is 28.2. The van der Waals surface area contributed by atoms with Crippen molar-refractivity contribution in [2.45, 2.75) is 13.0 Å². The van der Waals surface area contributed by atoms with Gasteiger partial charge in [-0.2, -0.15) is 0 Å². The first kappa shape index (κ1) is 33.0. The monoisotopic (exact) mass is 552 g/mol. The maximum Gasteiger partial charge on any atom is 0.351 e. The predicted octanol–water partition coefficient (Wildman–Crippen LogP) is -2.20. The van der Waals surface area contributed by atoms with Crippen molar-refractivity contribution < 1.29 is 59.0 Å². The van der Waals surface area contributed by atoms with E-state index >= 15 is 0 Å². The second-order valence-corrected chi connectivity index (χ2v) is 8.53. The van der Waals surface area contributed by atoms with Crippen molar-refractivity contribution >= 4 is 17.8 Å². The molecule has 0 aliphatic carbocycles. The maximum atomic E-state index is 12.7. The molecule has 1 heterocycles. The second-order valence-electron chi connectivity index (χ2n) is 8.53. The first-order chi connectivity index (χ1) is 18.1. The highest BCUT2D eigenvalue weighted by Gasteiger charge is 2.26. The van der Waals surface area contributed by atoms with Gasteiger partial charge in [0.25, 0.3) is 5.91 Å². The van der Waals surface area contributed by atoms with Gasteiger partial charge in [0.2, 0.25) is 5.75 Å². The predicted molar refractivity (Wildman–Crippen MR) is 137 cm³/mol. The topological polar surface area (TPSA) is 191 Å². The first-order valence-corrected chi connectivity index (χ1v) is 11.8. The van der Waals surface area contributed by atoms with E-state index in [1.165, 1.54) is 4.90 Å². The number of carbonyl (C=O) groups excluding carboxylic acids is 2. The second kappa shape index (κ2) is 16.0. The summed E-state index contributed by atoms with van der Waals surface area (Å²) in [5.74, 6) is -1.93. The molecule has 1 aliphatic heterocycles. The van der Waals surface area contributed by atoms with E-state index in [4.69, 9.17) is 38.7 Å². The molecule has 3 rings (SSSR count). The van der Waals surface area contributed by atoms with Crippen LogP contribution < -0.4 is 29.0 Å². The van der Waals surface area contributed by atoms with E-state index in [-0.39, 0.29) is 18.0 Å². The van der Waals surface area contributed by atoms with Crippen molar-refractivity contribution in [3.8, 4) is 23.0 Å². The molecule has 1 saturated heterocycles. The number of nitrogens with one attached hydrogen (secondary N) is 1. The highest BCUT2D eigenvalue weighted by Crippen LogP contribution is 2.40. The quantitative estimate of drug-likeness (QED) is 0.288. The van der Waals surface area contributed by atoms with E-state index in [1.807, 2.05) is 36.1 Å². The van der Waals surface area contributed by atoms with Gasteiger partial charge in [-0.05, 0) is 19.1 Å². The number of nitrogens with zero attached hydrogens (tertiary/aromatic N) is 1. The van der Waals surface area contributed by atoms with Crippen LogP contribution in [0.25, 0.3) is 0 Å². The van der Waals surface area contributed by atoms with Crippen molar-refractivity contribution in [2.24, 2.45) is 0 Å². The smallest absolute Gasteiger partial charge is 0.351 e. The van der Waals surface area contributed by atoms with Crippen molar-refractivity contribution in [2.75, 3.05) is 60.7 Å². The normalized spacial score (nSPS) is 13.6. The standard InChI is InChI=1S/C24H32N2O6.C2H2O4.H2O/c1-17-5-7-18(8-6-17)24(28)26-11-9-25(10-12-26)15-19(27)16-32-20-13-21(29-2)23(31-4)22(14-20)30-3;3-1(4)2(5)6;/h5-8,13-14,19,27H,9-12,15-16H2,1-4H3;(H,3,4)(H,5,6);1H2. The Morgan fingerprint density at radius 1 is 1.00 bits per heavy atom. The van der Waals surface area contributed by atoms with Crippen molar-refractivity contribution in [3.63, 3.8) is 0 Å². The molecule has 0 saturated carbocycles. The lowest BCUT2D eigenvalue weighted by Crippen LogP contribution is -3.16. The number of aliphatic carboxylic acids is 2. The number of piperazine rings is 1. The number of amides is 1. The molecule has 0 aromatic heterocycles. The number of methoxy groups -OCH3 is 3. The summed E-state index contributed by atoms with van der Waals surface area (Å²) >= 11 is 0. The van der Waals surface area contributed by atoms with Crippen LogP contribution in [0.4, 0.5) is 0 Å². The minimum Gasteiger partial charge on any atom is -0.539 e. The van der Waals surface area contributed by atoms with Crippen molar-refractivity contribution in [3.05, 3.63) is 47.5 Å². The third-order valence-electron chi connectivity index (χ3n) is 5.84. The summed E-state index contributed by atoms with van der Waals surface area (Å²) in [6.07, 6.45) is -0.636. The van der Waals surface area contributed by atoms with Crippen molar-refractivity contribution in [1.82, 2.24) is 4.90 Å². The summed E-state index contributed by atoms with van der Waals surface area (Å²) in [6.45, 7) is 5.63. The Balaban J connectivity index is 0.000000977. The Morgan fingerprint density at radius 2 is 1.51 bits per heavy atom. The number of aliphatic hydroxyl groups excluding tert-OH is 1. The Kier molecular flexibility index (Phi) is 13.5. The van der Waals surface area contributed by atoms with Crippen LogP contribution in [0.15, 0.2) is 36.4 Å². The molecule has 0 radical (unpaired) electrons. The zero-order valence-electron chi connectivity index (χ0n) is 22.4. The molecular formula is C26H36N2O11. The van der Waals surface area contributed by atoms with Crippen LogP contribution in [0, 0.1) is 6.92 Å². The molecule has 1 atom stereocenters. The number of carboxylic acids is 2. The number of carboxylic acid groups (broad SMARTS) is 2. The molecule has 2 aromatic rings. The lowest BCUT2D eigenvalue weighted by atomic mass is 10.1. The molecule has 1 unspecified atom stereocenters. The summed E-state index contributed by atoms with van der Waals surface area (Å²) in [5, 5.41) is 26.8. The summed E-state index contributed by atoms with van der Waals surface area (Å²) in [4.78, 5) is 33.8. The minimum absolute atomic E-state index is 0. The van der Waals surface area contributed by atoms with E-state index in [2.05, 4.69) is 0 Å². The molecule has 39 heavy (non-hydrogen) atoms. The van der Waals surface area contributed by atoms with E-state index in [0.717, 1.165) is 24.2 Å². The number of carbonyl (C=O) groups is 3. The van der Waals surface area contributed by atoms with E-state index in [1.54, 1.807) is 33.5 Å². The molecular weight excluding hydrogens is 516 g/mol. The number of aryl methyl sites for hydroxylation is 1. The fourth-order valence-electron chi connectivity index (χ4n) is 3.83. The van der Waals surface area contributed by atoms with Crippen LogP contribution in [0.5, 0.6) is 23.0 Å². The lowest BCUT2D eigenvalue weighted by Gasteiger charge is -2.33. The molecule has 5 N–H and O–H groups in total. The van der Waals surface area contributed by atoms with Gasteiger partial charge in [-0.25, -0.2) is 4.79 Å². The third-order valence-corrected chi connectivity index (χ3v) is 5.84. The summed E-state index contributed by atoms with van der Waals surface area (Å²) < 4.78 is 21.8. The van der Waals surface area contributed by atoms with Crippen LogP contribution in [0.3, 0.4) is 0 Å². The molecule has 13 nitrogen and oxygen atoms in total. The van der Waals surface area contributed by atoms with Gasteiger partial charge in [-0.3, -0.25) is 4.79 Å². The van der Waals surface area contributed by atoms with Gasteiger partial charge in [0.15, 0.2) is 17.5 Å². The minimum atomic E-state index is -2.07. The van der Waals surface area contributed by atoms with Crippen LogP contribution in [0.2, 0.25) is 0 Å². The molecule has 0 bridgehead atoms. The fourth-order valence-corrected chi connectivity index (χ4v) is 3.83. The highest BCUT2D eigenvalue weighted by atomic mass is 16.5. The average Bonchev–Trinajstić information content (AvgIpc) is 2.92. The van der Waals surface area contributed by atoms with Gasteiger partial charge < -0.3 is 54.3 Å². The average molecular weight is 553 g/mol. The largest absolute Gasteiger partial charge is 0.539 e. The van der Waals surface area contributed by atoms with E-state index in [9.17, 15) is 9.90 Å². The summed E-state index contributed by atoms with van der Waals surface area (Å²) in [5.41, 5.74) is 1.86. The van der Waals surface area contributed by atoms with Gasteiger partial charge in [-0.1, -0.05) is 17.7 Å². The van der Waals surface area contributed by atoms with Gasteiger partial charge in [0.05, 0.1) is 47.5 Å². The highest BCUT2D eigenvalue weighted by molar-refractivity contribution is 6.26. The van der Waals surface area contributed by atoms with Gasteiger partial charge in [0, 0.05) is 17.7 Å². The van der Waals surface area contributed by atoms with Crippen LogP contribution >= 0.6 is 0 Å². The first-order valence-electron chi connectivity index (χ1n) is 11.8. The van der Waals surface area contributed by atoms with Gasteiger partial charge in [0.1, 0.15) is 25.0 Å². The Hall–Kier alpha value is -4.07. The molecule has 0 spiro atoms. The van der Waals surface area contributed by atoms with Crippen LogP contribution in [-0.2, 0) is 9.59 Å². The number of ether oxygens (including phenoxy) is 4. The molecule has 216 valence electrons. The summed E-state index contributed by atoms with van der Waals surface area (Å²) in [7, 11) is 4.63. The van der Waals surface area contributed by atoms with E-state index < -0.39 is 18.0 Å². The Morgan fingerprint density at radius 3 is 1.95 bits per heavy atom. The number of benzene rings is 2. The maximum absolute atomic E-state index is 12.7. The van der Waals surface area contributed by atoms with Crippen molar-refractivity contribution in [1.29, 1.82) is 0 Å². The number of aliphatic hydroxyl groups is 1. The van der Waals surface area contributed by atoms with Gasteiger partial charge in [-0.15, -0.1) is 0 Å². The summed E-state index contributed by atoms with van der Waals surface area (Å²) in [6, 6.07) is 11.1. The van der Waals surface area contributed by atoms with Crippen LogP contribution in [0.1, 0.15) is 15.9 Å². The SMILES string of the molecule is COc1cc(OCC(O)C[NH+]2CCN(C(=O)c3ccc(C)cc3)CC2)cc(OC)c1OC.O.O=C([O-])C(=O)O. The lowest BCUT2D eigenvalue weighted by molar-refractivity contribution is -0.907. The number of hydrogen-bond donors (Lipinski definition) is 3. The van der Waals surface area contributed by atoms with Crippen LogP contribution in [-0.4, -0.2) is 105 Å². The van der Waals surface area contributed by atoms with Gasteiger partial charge >= 0.3 is 5.97 Å². The molecule has 1 fully saturated rings. The number of rotatable bonds is 9. The molecule has 1 amide bonds. The molecule has 2 aromatic carbocycles. The third kappa shape index (κ3) is 9.96. The molecule has 1 aliphatic rings. The van der Waals surface area contributed by atoms with E-state index in [0.29, 0.717) is 42.6 Å². The number of hydrogen-bond acceptors (Lipinski definition) is 9. The molecule has 13 heteroatoms.